The Bertz CT molecular complexity index is 309. The Morgan fingerprint density at radius 3 is 3.00 bits per heavy atom. The van der Waals surface area contributed by atoms with Gasteiger partial charge in [-0.05, 0) is 30.9 Å². The maximum Gasteiger partial charge on any atom is 0.109 e. The van der Waals surface area contributed by atoms with Crippen LogP contribution < -0.4 is 0 Å². The summed E-state index contributed by atoms with van der Waals surface area (Å²) in [6.07, 6.45) is 1.30. The molecule has 0 amide bonds. The Kier molecular flexibility index (Phi) is 2.85. The average molecular weight is 192 g/mol. The molecule has 0 fully saturated rings. The number of aliphatic hydroxyl groups excluding tert-OH is 1. The number of fused-ring (bicyclic) bond motifs is 1. The highest BCUT2D eigenvalue weighted by Gasteiger charge is 2.27. The fourth-order valence-corrected chi connectivity index (χ4v) is 2.08. The molecule has 0 aromatic heterocycles. The highest BCUT2D eigenvalue weighted by molar-refractivity contribution is 5.32. The quantitative estimate of drug-likeness (QED) is 0.777. The van der Waals surface area contributed by atoms with Gasteiger partial charge in [-0.1, -0.05) is 24.3 Å². The van der Waals surface area contributed by atoms with Crippen LogP contribution in [0, 0.1) is 0 Å². The van der Waals surface area contributed by atoms with Crippen LogP contribution in [-0.4, -0.2) is 17.8 Å². The number of aliphatic hydroxyl groups is 1. The van der Waals surface area contributed by atoms with Crippen LogP contribution in [0.25, 0.3) is 0 Å². The Balaban J connectivity index is 2.31. The number of ether oxygens (including phenoxy) is 1. The molecule has 0 heterocycles. The van der Waals surface area contributed by atoms with Crippen molar-refractivity contribution < 1.29 is 9.84 Å². The maximum absolute atomic E-state index is 9.82. The lowest BCUT2D eigenvalue weighted by Crippen LogP contribution is -2.27. The lowest BCUT2D eigenvalue weighted by atomic mass is 9.87. The average Bonchev–Trinajstić information content (AvgIpc) is 2.23. The molecule has 0 radical (unpaired) electrons. The molecule has 1 N–H and O–H groups in total. The molecule has 2 heteroatoms. The molecule has 1 aliphatic carbocycles. The summed E-state index contributed by atoms with van der Waals surface area (Å²) < 4.78 is 5.57. The van der Waals surface area contributed by atoms with Crippen molar-refractivity contribution in [3.8, 4) is 0 Å². The summed E-state index contributed by atoms with van der Waals surface area (Å²) in [5.74, 6) is 0. The molecular weight excluding hydrogens is 176 g/mol. The van der Waals surface area contributed by atoms with E-state index in [2.05, 4.69) is 12.1 Å². The highest BCUT2D eigenvalue weighted by atomic mass is 16.5. The van der Waals surface area contributed by atoms with Crippen molar-refractivity contribution in [3.63, 3.8) is 0 Å². The van der Waals surface area contributed by atoms with Crippen molar-refractivity contribution in [1.29, 1.82) is 0 Å². The van der Waals surface area contributed by atoms with Crippen LogP contribution in [0.1, 0.15) is 30.6 Å². The zero-order chi connectivity index (χ0) is 9.97. The van der Waals surface area contributed by atoms with Gasteiger partial charge in [0.1, 0.15) is 6.10 Å². The van der Waals surface area contributed by atoms with Crippen molar-refractivity contribution in [3.05, 3.63) is 35.4 Å². The molecule has 1 aliphatic rings. The largest absolute Gasteiger partial charge is 0.390 e. The van der Waals surface area contributed by atoms with E-state index in [9.17, 15) is 5.11 Å². The number of rotatable bonds is 2. The second-order valence-electron chi connectivity index (χ2n) is 3.68. The van der Waals surface area contributed by atoms with Gasteiger partial charge < -0.3 is 9.84 Å². The minimum Gasteiger partial charge on any atom is -0.390 e. The Hall–Kier alpha value is -0.860. The minimum absolute atomic E-state index is 0.120. The smallest absolute Gasteiger partial charge is 0.109 e. The monoisotopic (exact) mass is 192 g/mol. The summed E-state index contributed by atoms with van der Waals surface area (Å²) in [5, 5.41) is 9.82. The molecule has 1 aromatic rings. The van der Waals surface area contributed by atoms with Gasteiger partial charge in [-0.15, -0.1) is 0 Å². The Labute approximate surface area is 84.5 Å². The van der Waals surface area contributed by atoms with Crippen LogP contribution in [0.4, 0.5) is 0 Å². The van der Waals surface area contributed by atoms with Crippen molar-refractivity contribution in [2.45, 2.75) is 32.0 Å². The summed E-state index contributed by atoms with van der Waals surface area (Å²) in [4.78, 5) is 0. The zero-order valence-corrected chi connectivity index (χ0v) is 8.44. The van der Waals surface area contributed by atoms with Gasteiger partial charge in [0.05, 0.1) is 6.10 Å². The van der Waals surface area contributed by atoms with Crippen LogP contribution in [0.5, 0.6) is 0 Å². The van der Waals surface area contributed by atoms with E-state index in [0.717, 1.165) is 18.4 Å². The van der Waals surface area contributed by atoms with Gasteiger partial charge in [-0.3, -0.25) is 0 Å². The normalized spacial score (nSPS) is 25.9. The second-order valence-corrected chi connectivity index (χ2v) is 3.68. The molecule has 14 heavy (non-hydrogen) atoms. The van der Waals surface area contributed by atoms with E-state index >= 15 is 0 Å². The number of benzene rings is 1. The summed E-state index contributed by atoms with van der Waals surface area (Å²) in [6, 6.07) is 8.22. The summed E-state index contributed by atoms with van der Waals surface area (Å²) in [6.45, 7) is 2.61. The number of hydrogen-bond donors (Lipinski definition) is 1. The van der Waals surface area contributed by atoms with E-state index in [1.165, 1.54) is 5.56 Å². The van der Waals surface area contributed by atoms with Crippen molar-refractivity contribution in [2.75, 3.05) is 6.61 Å². The van der Waals surface area contributed by atoms with Crippen LogP contribution in [-0.2, 0) is 11.2 Å². The molecule has 0 bridgehead atoms. The third-order valence-electron chi connectivity index (χ3n) is 2.77. The van der Waals surface area contributed by atoms with E-state index in [4.69, 9.17) is 4.74 Å². The lowest BCUT2D eigenvalue weighted by Gasteiger charge is -2.29. The zero-order valence-electron chi connectivity index (χ0n) is 8.44. The predicted octanol–water partition coefficient (Wildman–Crippen LogP) is 2.07. The second kappa shape index (κ2) is 4.11. The Morgan fingerprint density at radius 2 is 2.21 bits per heavy atom. The molecule has 1 aromatic carbocycles. The van der Waals surface area contributed by atoms with Gasteiger partial charge in [0.15, 0.2) is 0 Å². The molecule has 0 spiro atoms. The minimum atomic E-state index is -0.343. The summed E-state index contributed by atoms with van der Waals surface area (Å²) in [5.41, 5.74) is 2.48. The summed E-state index contributed by atoms with van der Waals surface area (Å²) >= 11 is 0. The van der Waals surface area contributed by atoms with Crippen LogP contribution in [0.15, 0.2) is 24.3 Å². The first kappa shape index (κ1) is 9.69. The van der Waals surface area contributed by atoms with Gasteiger partial charge in [0.2, 0.25) is 0 Å². The molecule has 2 atom stereocenters. The van der Waals surface area contributed by atoms with E-state index in [1.54, 1.807) is 0 Å². The summed E-state index contributed by atoms with van der Waals surface area (Å²) in [7, 11) is 0. The lowest BCUT2D eigenvalue weighted by molar-refractivity contribution is -0.0433. The molecule has 76 valence electrons. The fourth-order valence-electron chi connectivity index (χ4n) is 2.08. The van der Waals surface area contributed by atoms with Gasteiger partial charge in [-0.25, -0.2) is 0 Å². The van der Waals surface area contributed by atoms with Gasteiger partial charge in [-0.2, -0.15) is 0 Å². The first-order valence-electron chi connectivity index (χ1n) is 5.20. The Morgan fingerprint density at radius 1 is 1.43 bits per heavy atom. The third kappa shape index (κ3) is 1.68. The molecule has 0 saturated heterocycles. The van der Waals surface area contributed by atoms with Crippen LogP contribution >= 0.6 is 0 Å². The van der Waals surface area contributed by atoms with Gasteiger partial charge in [0.25, 0.3) is 0 Å². The van der Waals surface area contributed by atoms with Crippen molar-refractivity contribution in [1.82, 2.24) is 0 Å². The van der Waals surface area contributed by atoms with E-state index in [1.807, 2.05) is 19.1 Å². The SMILES string of the molecule is CCO[C@H]1c2ccccc2CC[C@@H]1O. The molecular formula is C12H16O2. The topological polar surface area (TPSA) is 29.5 Å². The first-order chi connectivity index (χ1) is 6.83. The van der Waals surface area contributed by atoms with E-state index in [-0.39, 0.29) is 12.2 Å². The van der Waals surface area contributed by atoms with Crippen molar-refractivity contribution in [2.24, 2.45) is 0 Å². The third-order valence-corrected chi connectivity index (χ3v) is 2.77. The molecule has 0 aliphatic heterocycles. The van der Waals surface area contributed by atoms with Gasteiger partial charge in [0, 0.05) is 6.61 Å². The van der Waals surface area contributed by atoms with Crippen LogP contribution in [0.2, 0.25) is 0 Å². The standard InChI is InChI=1S/C12H16O2/c1-2-14-12-10-6-4-3-5-9(10)7-8-11(12)13/h3-6,11-13H,2,7-8H2,1H3/t11-,12-/m0/s1. The molecule has 0 saturated carbocycles. The van der Waals surface area contributed by atoms with Crippen molar-refractivity contribution >= 4 is 0 Å². The number of aryl methyl sites for hydroxylation is 1. The van der Waals surface area contributed by atoms with Crippen LogP contribution in [0.3, 0.4) is 0 Å². The highest BCUT2D eigenvalue weighted by Crippen LogP contribution is 2.32. The van der Waals surface area contributed by atoms with E-state index in [0.29, 0.717) is 6.61 Å². The number of hydrogen-bond acceptors (Lipinski definition) is 2. The molecule has 2 rings (SSSR count). The maximum atomic E-state index is 9.82. The first-order valence-corrected chi connectivity index (χ1v) is 5.20. The molecule has 2 nitrogen and oxygen atoms in total. The van der Waals surface area contributed by atoms with E-state index < -0.39 is 0 Å². The fraction of sp³-hybridized carbons (Fsp3) is 0.500. The molecule has 0 unspecified atom stereocenters. The predicted molar refractivity (Wildman–Crippen MR) is 55.1 cm³/mol. The van der Waals surface area contributed by atoms with Gasteiger partial charge >= 0.3 is 0 Å².